The Morgan fingerprint density at radius 1 is 1.40 bits per heavy atom. The summed E-state index contributed by atoms with van der Waals surface area (Å²) in [4.78, 5) is 31.2. The van der Waals surface area contributed by atoms with Crippen LogP contribution in [-0.2, 0) is 0 Å². The second-order valence-electron chi connectivity index (χ2n) is 6.30. The fraction of sp³-hybridized carbons (Fsp3) is 0.500. The van der Waals surface area contributed by atoms with Crippen molar-refractivity contribution in [2.45, 2.75) is 27.7 Å². The number of amides is 1. The third-order valence-corrected chi connectivity index (χ3v) is 4.33. The molecule has 1 amide bonds. The third kappa shape index (κ3) is 4.17. The van der Waals surface area contributed by atoms with Gasteiger partial charge in [-0.1, -0.05) is 26.8 Å². The fourth-order valence-electron chi connectivity index (χ4n) is 2.83. The number of rotatable bonds is 7. The Morgan fingerprint density at radius 2 is 2.08 bits per heavy atom. The van der Waals surface area contributed by atoms with Crippen LogP contribution in [0.15, 0.2) is 23.1 Å². The average Bonchev–Trinajstić information content (AvgIpc) is 2.59. The molecule has 0 bridgehead atoms. The maximum atomic E-state index is 12.6. The number of carbonyl (C=O) groups excluding carboxylic acids is 1. The molecule has 0 unspecified atom stereocenters. The van der Waals surface area contributed by atoms with E-state index in [-0.39, 0.29) is 11.5 Å². The van der Waals surface area contributed by atoms with Crippen molar-refractivity contribution in [1.82, 2.24) is 19.6 Å². The van der Waals surface area contributed by atoms with Gasteiger partial charge in [0.1, 0.15) is 5.65 Å². The summed E-state index contributed by atoms with van der Waals surface area (Å²) in [7, 11) is 0. The number of nitrogens with zero attached hydrogens (tertiary/aromatic N) is 3. The summed E-state index contributed by atoms with van der Waals surface area (Å²) >= 11 is 0. The SMILES string of the molecule is CCN(CC)C[C@H](C)CNC(=O)c1c(O)nc2c(C)cccn2c1=O. The van der Waals surface area contributed by atoms with Crippen LogP contribution in [0.5, 0.6) is 5.88 Å². The summed E-state index contributed by atoms with van der Waals surface area (Å²) in [6.07, 6.45) is 1.54. The fourth-order valence-corrected chi connectivity index (χ4v) is 2.83. The monoisotopic (exact) mass is 346 g/mol. The highest BCUT2D eigenvalue weighted by molar-refractivity contribution is 5.96. The van der Waals surface area contributed by atoms with E-state index in [0.717, 1.165) is 25.2 Å². The highest BCUT2D eigenvalue weighted by Crippen LogP contribution is 2.13. The molecule has 7 heteroatoms. The number of hydrogen-bond donors (Lipinski definition) is 2. The lowest BCUT2D eigenvalue weighted by atomic mass is 10.1. The van der Waals surface area contributed by atoms with Crippen LogP contribution in [0, 0.1) is 12.8 Å². The lowest BCUT2D eigenvalue weighted by Crippen LogP contribution is -2.37. The molecule has 2 aromatic heterocycles. The van der Waals surface area contributed by atoms with E-state index in [0.29, 0.717) is 12.2 Å². The van der Waals surface area contributed by atoms with Gasteiger partial charge in [-0.25, -0.2) is 0 Å². The predicted octanol–water partition coefficient (Wildman–Crippen LogP) is 1.42. The molecule has 0 aromatic carbocycles. The molecular formula is C18H26N4O3. The van der Waals surface area contributed by atoms with Crippen LogP contribution in [0.3, 0.4) is 0 Å². The zero-order chi connectivity index (χ0) is 18.6. The molecule has 0 aliphatic heterocycles. The molecule has 0 spiro atoms. The van der Waals surface area contributed by atoms with Crippen molar-refractivity contribution >= 4 is 11.6 Å². The zero-order valence-corrected chi connectivity index (χ0v) is 15.2. The lowest BCUT2D eigenvalue weighted by Gasteiger charge is -2.22. The average molecular weight is 346 g/mol. The van der Waals surface area contributed by atoms with Gasteiger partial charge >= 0.3 is 0 Å². The smallest absolute Gasteiger partial charge is 0.274 e. The van der Waals surface area contributed by atoms with Crippen molar-refractivity contribution < 1.29 is 9.90 Å². The van der Waals surface area contributed by atoms with E-state index in [1.807, 2.05) is 6.92 Å². The third-order valence-electron chi connectivity index (χ3n) is 4.33. The first-order valence-electron chi connectivity index (χ1n) is 8.60. The van der Waals surface area contributed by atoms with Gasteiger partial charge in [-0.2, -0.15) is 4.98 Å². The molecule has 25 heavy (non-hydrogen) atoms. The molecule has 0 aliphatic rings. The maximum Gasteiger partial charge on any atom is 0.274 e. The van der Waals surface area contributed by atoms with Gasteiger partial charge in [-0.05, 0) is 37.6 Å². The van der Waals surface area contributed by atoms with Crippen LogP contribution in [0.2, 0.25) is 0 Å². The highest BCUT2D eigenvalue weighted by atomic mass is 16.3. The molecule has 1 atom stereocenters. The van der Waals surface area contributed by atoms with Gasteiger partial charge in [0.2, 0.25) is 5.88 Å². The van der Waals surface area contributed by atoms with Gasteiger partial charge in [0.15, 0.2) is 5.56 Å². The van der Waals surface area contributed by atoms with Gasteiger partial charge < -0.3 is 15.3 Å². The Kier molecular flexibility index (Phi) is 6.14. The Hall–Kier alpha value is -2.41. The van der Waals surface area contributed by atoms with Crippen LogP contribution >= 0.6 is 0 Å². The maximum absolute atomic E-state index is 12.6. The van der Waals surface area contributed by atoms with Gasteiger partial charge in [0.25, 0.3) is 11.5 Å². The second-order valence-corrected chi connectivity index (χ2v) is 6.30. The molecule has 0 saturated heterocycles. The van der Waals surface area contributed by atoms with Crippen LogP contribution in [0.1, 0.15) is 36.7 Å². The summed E-state index contributed by atoms with van der Waals surface area (Å²) in [5.41, 5.74) is 0.199. The summed E-state index contributed by atoms with van der Waals surface area (Å²) in [5, 5.41) is 12.8. The Balaban J connectivity index is 2.19. The Morgan fingerprint density at radius 3 is 2.72 bits per heavy atom. The Labute approximate surface area is 147 Å². The van der Waals surface area contributed by atoms with E-state index in [1.54, 1.807) is 19.1 Å². The topological polar surface area (TPSA) is 86.9 Å². The van der Waals surface area contributed by atoms with Gasteiger partial charge in [-0.3, -0.25) is 14.0 Å². The van der Waals surface area contributed by atoms with Crippen LogP contribution in [0.25, 0.3) is 5.65 Å². The molecule has 7 nitrogen and oxygen atoms in total. The highest BCUT2D eigenvalue weighted by Gasteiger charge is 2.20. The van der Waals surface area contributed by atoms with Crippen molar-refractivity contribution in [3.63, 3.8) is 0 Å². The minimum Gasteiger partial charge on any atom is -0.493 e. The number of hydrogen-bond acceptors (Lipinski definition) is 5. The number of aromatic hydroxyl groups is 1. The minimum atomic E-state index is -0.600. The summed E-state index contributed by atoms with van der Waals surface area (Å²) < 4.78 is 1.28. The first-order chi connectivity index (χ1) is 11.9. The Bertz CT molecular complexity index is 812. The first-order valence-corrected chi connectivity index (χ1v) is 8.60. The van der Waals surface area contributed by atoms with E-state index < -0.39 is 17.3 Å². The molecule has 0 radical (unpaired) electrons. The van der Waals surface area contributed by atoms with Gasteiger partial charge in [0.05, 0.1) is 0 Å². The predicted molar refractivity (Wildman–Crippen MR) is 97.1 cm³/mol. The van der Waals surface area contributed by atoms with Crippen LogP contribution in [0.4, 0.5) is 0 Å². The summed E-state index contributed by atoms with van der Waals surface area (Å²) in [6, 6.07) is 3.49. The largest absolute Gasteiger partial charge is 0.493 e. The molecule has 136 valence electrons. The van der Waals surface area contributed by atoms with Crippen molar-refractivity contribution in [2.24, 2.45) is 5.92 Å². The number of nitrogens with one attached hydrogen (secondary N) is 1. The van der Waals surface area contributed by atoms with Crippen LogP contribution in [-0.4, -0.2) is 51.5 Å². The minimum absolute atomic E-state index is 0.226. The molecular weight excluding hydrogens is 320 g/mol. The number of aryl methyl sites for hydroxylation is 1. The van der Waals surface area contributed by atoms with Crippen molar-refractivity contribution in [1.29, 1.82) is 0 Å². The number of aromatic nitrogens is 2. The van der Waals surface area contributed by atoms with Crippen molar-refractivity contribution in [2.75, 3.05) is 26.2 Å². The summed E-state index contributed by atoms with van der Waals surface area (Å²) in [6.45, 7) is 11.2. The number of carbonyl (C=O) groups is 1. The quantitative estimate of drug-likeness (QED) is 0.792. The first kappa shape index (κ1) is 18.9. The molecule has 2 rings (SSSR count). The molecule has 0 aliphatic carbocycles. The van der Waals surface area contributed by atoms with Gasteiger partial charge in [-0.15, -0.1) is 0 Å². The standard InChI is InChI=1S/C18H26N4O3/c1-5-21(6-2)11-12(3)10-19-16(23)14-17(24)20-15-13(4)8-7-9-22(15)18(14)25/h7-9,12,24H,5-6,10-11H2,1-4H3,(H,19,23)/t12-/m1/s1. The van der Waals surface area contributed by atoms with E-state index >= 15 is 0 Å². The van der Waals surface area contributed by atoms with Crippen molar-refractivity contribution in [3.05, 3.63) is 39.8 Å². The zero-order valence-electron chi connectivity index (χ0n) is 15.2. The van der Waals surface area contributed by atoms with E-state index in [9.17, 15) is 14.7 Å². The molecule has 0 fully saturated rings. The normalized spacial score (nSPS) is 12.5. The second kappa shape index (κ2) is 8.11. The van der Waals surface area contributed by atoms with Gasteiger partial charge in [0, 0.05) is 19.3 Å². The summed E-state index contributed by atoms with van der Waals surface area (Å²) in [5.74, 6) is -0.907. The number of pyridine rings is 1. The van der Waals surface area contributed by atoms with E-state index in [4.69, 9.17) is 0 Å². The molecule has 2 heterocycles. The lowest BCUT2D eigenvalue weighted by molar-refractivity contribution is 0.0939. The molecule has 2 N–H and O–H groups in total. The molecule has 0 saturated carbocycles. The number of fused-ring (bicyclic) bond motifs is 1. The molecule has 2 aromatic rings. The van der Waals surface area contributed by atoms with E-state index in [1.165, 1.54) is 10.6 Å². The van der Waals surface area contributed by atoms with Crippen LogP contribution < -0.4 is 10.9 Å². The van der Waals surface area contributed by atoms with E-state index in [2.05, 4.69) is 29.0 Å². The van der Waals surface area contributed by atoms with Crippen molar-refractivity contribution in [3.8, 4) is 5.88 Å².